The number of halogens is 3. The molecule has 110 valence electrons. The van der Waals surface area contributed by atoms with Crippen molar-refractivity contribution in [2.75, 3.05) is 5.73 Å². The molecule has 0 amide bonds. The number of nitrogens with zero attached hydrogens (tertiary/aromatic N) is 1. The molecule has 0 atom stereocenters. The molecule has 2 rings (SSSR count). The van der Waals surface area contributed by atoms with Crippen molar-refractivity contribution in [3.8, 4) is 0 Å². The summed E-state index contributed by atoms with van der Waals surface area (Å²) in [6.45, 7) is 7.24. The van der Waals surface area contributed by atoms with Crippen LogP contribution < -0.4 is 11.2 Å². The normalized spacial score (nSPS) is 21.2. The van der Waals surface area contributed by atoms with E-state index < -0.39 is 35.7 Å². The summed E-state index contributed by atoms with van der Waals surface area (Å²) in [6, 6.07) is 0. The van der Waals surface area contributed by atoms with Gasteiger partial charge in [-0.1, -0.05) is 0 Å². The van der Waals surface area contributed by atoms with Gasteiger partial charge in [-0.25, -0.2) is 0 Å². The first kappa shape index (κ1) is 15.1. The Bertz CT molecular complexity index is 516. The van der Waals surface area contributed by atoms with Crippen LogP contribution in [0.15, 0.2) is 12.4 Å². The summed E-state index contributed by atoms with van der Waals surface area (Å²) in [5.74, 6) is 0. The van der Waals surface area contributed by atoms with E-state index in [-0.39, 0.29) is 5.46 Å². The van der Waals surface area contributed by atoms with Crippen molar-refractivity contribution in [2.24, 2.45) is 0 Å². The summed E-state index contributed by atoms with van der Waals surface area (Å²) in [5, 5.41) is 0. The van der Waals surface area contributed by atoms with Gasteiger partial charge < -0.3 is 15.0 Å². The first-order chi connectivity index (χ1) is 8.96. The summed E-state index contributed by atoms with van der Waals surface area (Å²) < 4.78 is 49.8. The molecular formula is C12H16BF3N2O2. The summed E-state index contributed by atoms with van der Waals surface area (Å²) in [6.07, 6.45) is -2.62. The minimum absolute atomic E-state index is 0.0958. The number of alkyl halides is 3. The topological polar surface area (TPSA) is 57.4 Å². The average Bonchev–Trinajstić information content (AvgIpc) is 2.46. The van der Waals surface area contributed by atoms with Gasteiger partial charge in [0.05, 0.1) is 16.8 Å². The van der Waals surface area contributed by atoms with Gasteiger partial charge in [0.1, 0.15) is 0 Å². The molecule has 0 spiro atoms. The third-order valence-electron chi connectivity index (χ3n) is 3.83. The largest absolute Gasteiger partial charge is 0.498 e. The lowest BCUT2D eigenvalue weighted by Gasteiger charge is -2.32. The first-order valence-corrected chi connectivity index (χ1v) is 6.12. The lowest BCUT2D eigenvalue weighted by Crippen LogP contribution is -2.41. The average molecular weight is 288 g/mol. The Balaban J connectivity index is 2.42. The van der Waals surface area contributed by atoms with Crippen LogP contribution in [0.4, 0.5) is 18.9 Å². The molecule has 0 bridgehead atoms. The summed E-state index contributed by atoms with van der Waals surface area (Å²) >= 11 is 0. The molecule has 1 aliphatic heterocycles. The summed E-state index contributed by atoms with van der Waals surface area (Å²) in [4.78, 5) is 3.59. The maximum Gasteiger partial charge on any atom is 0.498 e. The molecule has 20 heavy (non-hydrogen) atoms. The lowest BCUT2D eigenvalue weighted by atomic mass is 9.78. The zero-order valence-corrected chi connectivity index (χ0v) is 11.7. The molecule has 0 aromatic carbocycles. The Kier molecular flexibility index (Phi) is 3.30. The zero-order chi connectivity index (χ0) is 15.3. The van der Waals surface area contributed by atoms with Crippen LogP contribution in [0, 0.1) is 0 Å². The van der Waals surface area contributed by atoms with E-state index in [4.69, 9.17) is 15.0 Å². The van der Waals surface area contributed by atoms with Crippen molar-refractivity contribution in [3.63, 3.8) is 0 Å². The number of anilines is 1. The third-order valence-corrected chi connectivity index (χ3v) is 3.83. The van der Waals surface area contributed by atoms with Crippen LogP contribution in [-0.2, 0) is 15.5 Å². The van der Waals surface area contributed by atoms with Gasteiger partial charge >= 0.3 is 13.3 Å². The van der Waals surface area contributed by atoms with Gasteiger partial charge in [0.15, 0.2) is 0 Å². The zero-order valence-electron chi connectivity index (χ0n) is 11.7. The predicted molar refractivity (Wildman–Crippen MR) is 69.4 cm³/mol. The van der Waals surface area contributed by atoms with Gasteiger partial charge in [0, 0.05) is 23.5 Å². The van der Waals surface area contributed by atoms with Crippen LogP contribution >= 0.6 is 0 Å². The van der Waals surface area contributed by atoms with Crippen molar-refractivity contribution >= 4 is 18.3 Å². The molecule has 1 aromatic rings. The van der Waals surface area contributed by atoms with Crippen LogP contribution in [0.1, 0.15) is 33.3 Å². The highest BCUT2D eigenvalue weighted by atomic mass is 19.4. The van der Waals surface area contributed by atoms with Crippen LogP contribution in [0.5, 0.6) is 0 Å². The molecule has 2 heterocycles. The van der Waals surface area contributed by atoms with E-state index in [0.717, 1.165) is 0 Å². The second-order valence-electron chi connectivity index (χ2n) is 5.78. The quantitative estimate of drug-likeness (QED) is 0.803. The highest BCUT2D eigenvalue weighted by Gasteiger charge is 2.53. The Morgan fingerprint density at radius 2 is 1.60 bits per heavy atom. The molecule has 1 aliphatic rings. The molecule has 0 unspecified atom stereocenters. The van der Waals surface area contributed by atoms with Gasteiger partial charge in [-0.2, -0.15) is 13.2 Å². The van der Waals surface area contributed by atoms with Gasteiger partial charge in [0.2, 0.25) is 0 Å². The Labute approximate surface area is 115 Å². The fourth-order valence-electron chi connectivity index (χ4n) is 1.87. The second kappa shape index (κ2) is 4.36. The summed E-state index contributed by atoms with van der Waals surface area (Å²) in [5.41, 5.74) is 3.00. The van der Waals surface area contributed by atoms with E-state index in [2.05, 4.69) is 4.98 Å². The maximum atomic E-state index is 12.8. The predicted octanol–water partition coefficient (Wildman–Crippen LogP) is 1.98. The van der Waals surface area contributed by atoms with Gasteiger partial charge in [-0.15, -0.1) is 0 Å². The SMILES string of the molecule is CC1(C)OB(c2cncc(C(F)(F)F)c2N)OC1(C)C. The Hall–Kier alpha value is -1.28. The second-order valence-corrected chi connectivity index (χ2v) is 5.78. The molecule has 8 heteroatoms. The van der Waals surface area contributed by atoms with Crippen molar-refractivity contribution < 1.29 is 22.5 Å². The lowest BCUT2D eigenvalue weighted by molar-refractivity contribution is -0.137. The molecule has 0 radical (unpaired) electrons. The molecule has 2 N–H and O–H groups in total. The van der Waals surface area contributed by atoms with Crippen LogP contribution in [0.3, 0.4) is 0 Å². The number of nitrogens with two attached hydrogens (primary N) is 1. The van der Waals surface area contributed by atoms with Crippen LogP contribution in [-0.4, -0.2) is 23.3 Å². The van der Waals surface area contributed by atoms with Crippen LogP contribution in [0.2, 0.25) is 0 Å². The highest BCUT2D eigenvalue weighted by molar-refractivity contribution is 6.63. The molecular weight excluding hydrogens is 272 g/mol. The van der Waals surface area contributed by atoms with E-state index in [1.165, 1.54) is 6.20 Å². The first-order valence-electron chi connectivity index (χ1n) is 6.12. The van der Waals surface area contributed by atoms with Gasteiger partial charge in [0.25, 0.3) is 0 Å². The molecule has 1 saturated heterocycles. The summed E-state index contributed by atoms with van der Waals surface area (Å²) in [7, 11) is -0.963. The van der Waals surface area contributed by atoms with E-state index in [0.29, 0.717) is 6.20 Å². The standard InChI is InChI=1S/C12H16BF3N2O2/c1-10(2)11(3,4)20-13(19-10)8-6-18-5-7(9(8)17)12(14,15)16/h5-6H,1-4H3,(H2,17,18). The van der Waals surface area contributed by atoms with Crippen molar-refractivity contribution in [1.82, 2.24) is 4.98 Å². The highest BCUT2D eigenvalue weighted by Crippen LogP contribution is 2.38. The van der Waals surface area contributed by atoms with Crippen LogP contribution in [0.25, 0.3) is 0 Å². The smallest absolute Gasteiger partial charge is 0.399 e. The Morgan fingerprint density at radius 3 is 2.05 bits per heavy atom. The molecule has 0 saturated carbocycles. The molecule has 1 fully saturated rings. The molecule has 0 aliphatic carbocycles. The number of aromatic nitrogens is 1. The number of pyridine rings is 1. The van der Waals surface area contributed by atoms with Crippen molar-refractivity contribution in [3.05, 3.63) is 18.0 Å². The van der Waals surface area contributed by atoms with Crippen molar-refractivity contribution in [2.45, 2.75) is 45.1 Å². The Morgan fingerprint density at radius 1 is 1.10 bits per heavy atom. The van der Waals surface area contributed by atoms with Crippen molar-refractivity contribution in [1.29, 1.82) is 0 Å². The van der Waals surface area contributed by atoms with E-state index in [1.54, 1.807) is 0 Å². The number of hydrogen-bond donors (Lipinski definition) is 1. The monoisotopic (exact) mass is 288 g/mol. The molecule has 4 nitrogen and oxygen atoms in total. The third kappa shape index (κ3) is 2.38. The number of rotatable bonds is 1. The van der Waals surface area contributed by atoms with Gasteiger partial charge in [-0.3, -0.25) is 4.98 Å². The number of nitrogen functional groups attached to an aromatic ring is 1. The maximum absolute atomic E-state index is 12.8. The van der Waals surface area contributed by atoms with E-state index >= 15 is 0 Å². The fourth-order valence-corrected chi connectivity index (χ4v) is 1.87. The minimum Gasteiger partial charge on any atom is -0.399 e. The van der Waals surface area contributed by atoms with E-state index in [1.807, 2.05) is 27.7 Å². The fraction of sp³-hybridized carbons (Fsp3) is 0.583. The molecule has 1 aromatic heterocycles. The van der Waals surface area contributed by atoms with Gasteiger partial charge in [-0.05, 0) is 27.7 Å². The minimum atomic E-state index is -4.56. The number of hydrogen-bond acceptors (Lipinski definition) is 4. The van der Waals surface area contributed by atoms with E-state index in [9.17, 15) is 13.2 Å².